The normalized spacial score (nSPS) is 52.9. The SMILES string of the molecule is O=C1CC2C3CC(C2C(=O)O1)C1C(O)OC(=O)C31. The molecule has 1 N–H and O–H groups in total. The van der Waals surface area contributed by atoms with Crippen molar-refractivity contribution in [2.45, 2.75) is 19.1 Å². The highest BCUT2D eigenvalue weighted by atomic mass is 16.6. The third kappa shape index (κ3) is 1.05. The Kier molecular flexibility index (Phi) is 1.82. The molecular formula is C12H12O6. The van der Waals surface area contributed by atoms with Crippen LogP contribution in [-0.4, -0.2) is 29.3 Å². The average molecular weight is 252 g/mol. The number of hydrogen-bond acceptors (Lipinski definition) is 6. The molecule has 2 saturated carbocycles. The summed E-state index contributed by atoms with van der Waals surface area (Å²) >= 11 is 0. The number of rotatable bonds is 0. The zero-order valence-electron chi connectivity index (χ0n) is 9.44. The third-order valence-electron chi connectivity index (χ3n) is 5.11. The number of esters is 3. The van der Waals surface area contributed by atoms with E-state index in [1.54, 1.807) is 0 Å². The van der Waals surface area contributed by atoms with Crippen LogP contribution in [0.3, 0.4) is 0 Å². The lowest BCUT2D eigenvalue weighted by atomic mass is 9.67. The molecule has 18 heavy (non-hydrogen) atoms. The molecule has 4 aliphatic rings. The van der Waals surface area contributed by atoms with Crippen molar-refractivity contribution in [2.75, 3.05) is 0 Å². The van der Waals surface area contributed by atoms with E-state index in [0.29, 0.717) is 6.42 Å². The first-order valence-electron chi connectivity index (χ1n) is 6.21. The van der Waals surface area contributed by atoms with Crippen LogP contribution in [0.25, 0.3) is 0 Å². The minimum Gasteiger partial charge on any atom is -0.435 e. The second-order valence-electron chi connectivity index (χ2n) is 5.68. The third-order valence-corrected chi connectivity index (χ3v) is 5.11. The van der Waals surface area contributed by atoms with Gasteiger partial charge >= 0.3 is 17.9 Å². The van der Waals surface area contributed by atoms with E-state index < -0.39 is 18.2 Å². The van der Waals surface area contributed by atoms with Gasteiger partial charge in [0.05, 0.1) is 11.8 Å². The number of carbonyl (C=O) groups is 3. The van der Waals surface area contributed by atoms with Crippen LogP contribution >= 0.6 is 0 Å². The largest absolute Gasteiger partial charge is 0.435 e. The highest BCUT2D eigenvalue weighted by molar-refractivity contribution is 5.91. The van der Waals surface area contributed by atoms with Crippen LogP contribution in [0.5, 0.6) is 0 Å². The van der Waals surface area contributed by atoms with Crippen LogP contribution in [0, 0.1) is 35.5 Å². The van der Waals surface area contributed by atoms with Gasteiger partial charge in [-0.25, -0.2) is 0 Å². The van der Waals surface area contributed by atoms with E-state index in [4.69, 9.17) is 4.74 Å². The van der Waals surface area contributed by atoms with Gasteiger partial charge in [0.2, 0.25) is 6.29 Å². The van der Waals surface area contributed by atoms with Gasteiger partial charge in [-0.1, -0.05) is 0 Å². The monoisotopic (exact) mass is 252 g/mol. The maximum Gasteiger partial charge on any atom is 0.317 e. The highest BCUT2D eigenvalue weighted by Gasteiger charge is 2.69. The predicted octanol–water partition coefficient (Wildman–Crippen LogP) is -0.550. The van der Waals surface area contributed by atoms with Crippen LogP contribution < -0.4 is 0 Å². The van der Waals surface area contributed by atoms with E-state index in [9.17, 15) is 19.5 Å². The first-order valence-corrected chi connectivity index (χ1v) is 6.21. The summed E-state index contributed by atoms with van der Waals surface area (Å²) in [5.41, 5.74) is 0. The van der Waals surface area contributed by atoms with Crippen LogP contribution in [0.1, 0.15) is 12.8 Å². The van der Waals surface area contributed by atoms with Crippen molar-refractivity contribution in [3.8, 4) is 0 Å². The second-order valence-corrected chi connectivity index (χ2v) is 5.68. The molecule has 4 rings (SSSR count). The number of fused-ring (bicyclic) bond motifs is 8. The number of cyclic esters (lactones) is 3. The lowest BCUT2D eigenvalue weighted by Gasteiger charge is -2.36. The summed E-state index contributed by atoms with van der Waals surface area (Å²) < 4.78 is 9.53. The predicted molar refractivity (Wildman–Crippen MR) is 53.4 cm³/mol. The van der Waals surface area contributed by atoms with Gasteiger partial charge in [0.25, 0.3) is 0 Å². The van der Waals surface area contributed by atoms with Crippen LogP contribution in [0.15, 0.2) is 0 Å². The number of aliphatic hydroxyl groups is 1. The van der Waals surface area contributed by atoms with Gasteiger partial charge in [-0.3, -0.25) is 14.4 Å². The molecule has 7 atom stereocenters. The molecule has 0 aromatic carbocycles. The lowest BCUT2D eigenvalue weighted by Crippen LogP contribution is -2.46. The van der Waals surface area contributed by atoms with E-state index in [2.05, 4.69) is 4.74 Å². The van der Waals surface area contributed by atoms with E-state index in [1.807, 2.05) is 0 Å². The van der Waals surface area contributed by atoms with Gasteiger partial charge in [0.1, 0.15) is 0 Å². The highest BCUT2D eigenvalue weighted by Crippen LogP contribution is 2.63. The van der Waals surface area contributed by atoms with Crippen LogP contribution in [-0.2, 0) is 23.9 Å². The van der Waals surface area contributed by atoms with E-state index >= 15 is 0 Å². The molecule has 6 nitrogen and oxygen atoms in total. The summed E-state index contributed by atoms with van der Waals surface area (Å²) in [6, 6.07) is 0. The zero-order valence-corrected chi connectivity index (χ0v) is 9.44. The Morgan fingerprint density at radius 3 is 2.56 bits per heavy atom. The maximum absolute atomic E-state index is 11.8. The molecule has 2 bridgehead atoms. The summed E-state index contributed by atoms with van der Waals surface area (Å²) in [4.78, 5) is 34.8. The quantitative estimate of drug-likeness (QED) is 0.459. The summed E-state index contributed by atoms with van der Waals surface area (Å²) in [5, 5.41) is 9.76. The van der Waals surface area contributed by atoms with Crippen molar-refractivity contribution in [1.29, 1.82) is 0 Å². The summed E-state index contributed by atoms with van der Waals surface area (Å²) in [6.07, 6.45) is -0.201. The van der Waals surface area contributed by atoms with E-state index in [0.717, 1.165) is 0 Å². The maximum atomic E-state index is 11.8. The summed E-state index contributed by atoms with van der Waals surface area (Å²) in [5.74, 6) is -2.59. The fraction of sp³-hybridized carbons (Fsp3) is 0.750. The first-order chi connectivity index (χ1) is 8.58. The minimum absolute atomic E-state index is 0.0218. The fourth-order valence-corrected chi connectivity index (χ4v) is 4.62. The number of carbonyl (C=O) groups excluding carboxylic acids is 3. The Balaban J connectivity index is 1.74. The van der Waals surface area contributed by atoms with Gasteiger partial charge in [-0.2, -0.15) is 0 Å². The summed E-state index contributed by atoms with van der Waals surface area (Å²) in [7, 11) is 0. The Morgan fingerprint density at radius 2 is 1.78 bits per heavy atom. The molecule has 4 fully saturated rings. The molecule has 96 valence electrons. The number of ether oxygens (including phenoxy) is 2. The Bertz CT molecular complexity index is 471. The van der Waals surface area contributed by atoms with Gasteiger partial charge in [-0.15, -0.1) is 0 Å². The molecule has 6 heteroatoms. The molecule has 2 heterocycles. The molecule has 7 unspecified atom stereocenters. The van der Waals surface area contributed by atoms with E-state index in [1.165, 1.54) is 0 Å². The van der Waals surface area contributed by atoms with Gasteiger partial charge in [0, 0.05) is 12.3 Å². The second kappa shape index (κ2) is 3.12. The molecule has 0 radical (unpaired) electrons. The minimum atomic E-state index is -1.11. The molecule has 0 spiro atoms. The van der Waals surface area contributed by atoms with Crippen molar-refractivity contribution in [1.82, 2.24) is 0 Å². The Morgan fingerprint density at radius 1 is 1.00 bits per heavy atom. The fourth-order valence-electron chi connectivity index (χ4n) is 4.62. The molecular weight excluding hydrogens is 240 g/mol. The zero-order chi connectivity index (χ0) is 12.6. The molecule has 2 aliphatic heterocycles. The first kappa shape index (κ1) is 10.5. The topological polar surface area (TPSA) is 89.9 Å². The van der Waals surface area contributed by atoms with Crippen molar-refractivity contribution < 1.29 is 29.0 Å². The van der Waals surface area contributed by atoms with Gasteiger partial charge in [0.15, 0.2) is 0 Å². The number of hydrogen-bond donors (Lipinski definition) is 1. The molecule has 2 aliphatic carbocycles. The van der Waals surface area contributed by atoms with Crippen molar-refractivity contribution in [3.63, 3.8) is 0 Å². The van der Waals surface area contributed by atoms with Crippen LogP contribution in [0.2, 0.25) is 0 Å². The van der Waals surface area contributed by atoms with Crippen molar-refractivity contribution >= 4 is 17.9 Å². The molecule has 0 aromatic rings. The summed E-state index contributed by atoms with van der Waals surface area (Å²) in [6.45, 7) is 0. The van der Waals surface area contributed by atoms with Gasteiger partial charge in [-0.05, 0) is 24.2 Å². The molecule has 0 aromatic heterocycles. The average Bonchev–Trinajstić information content (AvgIpc) is 2.90. The number of aliphatic hydroxyl groups excluding tert-OH is 1. The lowest BCUT2D eigenvalue weighted by molar-refractivity contribution is -0.175. The Hall–Kier alpha value is -1.43. The van der Waals surface area contributed by atoms with Gasteiger partial charge < -0.3 is 14.6 Å². The van der Waals surface area contributed by atoms with Crippen molar-refractivity contribution in [3.05, 3.63) is 0 Å². The van der Waals surface area contributed by atoms with E-state index in [-0.39, 0.29) is 47.9 Å². The van der Waals surface area contributed by atoms with Crippen molar-refractivity contribution in [2.24, 2.45) is 35.5 Å². The Labute approximate surface area is 102 Å². The standard InChI is InChI=1S/C12H12O6/c13-6-2-4-3-1-5(7(4)10(14)17-6)9-8(3)11(15)18-12(9)16/h3-5,7-9,12,16H,1-2H2. The smallest absolute Gasteiger partial charge is 0.317 e. The molecule has 0 amide bonds. The molecule has 2 saturated heterocycles. The van der Waals surface area contributed by atoms with Crippen LogP contribution in [0.4, 0.5) is 0 Å².